The van der Waals surface area contributed by atoms with Crippen molar-refractivity contribution in [1.29, 1.82) is 0 Å². The molecule has 2 heterocycles. The smallest absolute Gasteiger partial charge is 0.117 e. The molecule has 1 aromatic heterocycles. The Kier molecular flexibility index (Phi) is 3.96. The summed E-state index contributed by atoms with van der Waals surface area (Å²) in [5.74, 6) is 1.05. The normalized spacial score (nSPS) is 21.2. The van der Waals surface area contributed by atoms with Crippen molar-refractivity contribution < 1.29 is 4.42 Å². The Labute approximate surface area is 114 Å². The van der Waals surface area contributed by atoms with E-state index in [0.717, 1.165) is 31.9 Å². The molecule has 1 atom stereocenters. The number of hydrogen-bond donors (Lipinski definition) is 1. The van der Waals surface area contributed by atoms with Crippen LogP contribution in [-0.4, -0.2) is 24.5 Å². The van der Waals surface area contributed by atoms with E-state index in [1.165, 1.54) is 12.0 Å². The van der Waals surface area contributed by atoms with Crippen molar-refractivity contribution in [2.75, 3.05) is 19.6 Å². The van der Waals surface area contributed by atoms with Gasteiger partial charge in [0, 0.05) is 12.6 Å². The summed E-state index contributed by atoms with van der Waals surface area (Å²) in [6, 6.07) is 15.1. The average molecular weight is 256 g/mol. The van der Waals surface area contributed by atoms with Gasteiger partial charge in [-0.2, -0.15) is 0 Å². The topological polar surface area (TPSA) is 28.4 Å². The van der Waals surface area contributed by atoms with Gasteiger partial charge < -0.3 is 9.73 Å². The Balaban J connectivity index is 1.69. The zero-order valence-electron chi connectivity index (χ0n) is 11.1. The molecule has 1 fully saturated rings. The highest BCUT2D eigenvalue weighted by molar-refractivity contribution is 5.19. The standard InChI is InChI=1S/C16H20N2O/c1-2-6-14(7-3-1)16-13-18(10-5-9-17-16)12-15-8-4-11-19-15/h1-4,6-8,11,16-17H,5,9-10,12-13H2. The second-order valence-electron chi connectivity index (χ2n) is 5.09. The van der Waals surface area contributed by atoms with Crippen LogP contribution in [0.25, 0.3) is 0 Å². The zero-order chi connectivity index (χ0) is 12.9. The highest BCUT2D eigenvalue weighted by Crippen LogP contribution is 2.18. The summed E-state index contributed by atoms with van der Waals surface area (Å²) in [6.45, 7) is 4.13. The van der Waals surface area contributed by atoms with Gasteiger partial charge in [-0.05, 0) is 37.2 Å². The number of rotatable bonds is 3. The molecule has 3 heteroatoms. The van der Waals surface area contributed by atoms with Crippen LogP contribution in [0.4, 0.5) is 0 Å². The molecule has 3 rings (SSSR count). The predicted octanol–water partition coefficient (Wildman–Crippen LogP) is 2.82. The van der Waals surface area contributed by atoms with Gasteiger partial charge in [0.1, 0.15) is 5.76 Å². The van der Waals surface area contributed by atoms with E-state index in [4.69, 9.17) is 4.42 Å². The van der Waals surface area contributed by atoms with Gasteiger partial charge in [-0.25, -0.2) is 0 Å². The maximum Gasteiger partial charge on any atom is 0.117 e. The average Bonchev–Trinajstić information content (AvgIpc) is 2.84. The molecule has 1 unspecified atom stereocenters. The number of nitrogens with one attached hydrogen (secondary N) is 1. The lowest BCUT2D eigenvalue weighted by Gasteiger charge is -2.23. The van der Waals surface area contributed by atoms with Crippen molar-refractivity contribution in [2.24, 2.45) is 0 Å². The molecule has 1 N–H and O–H groups in total. The minimum atomic E-state index is 0.415. The van der Waals surface area contributed by atoms with E-state index in [0.29, 0.717) is 6.04 Å². The van der Waals surface area contributed by atoms with Crippen LogP contribution < -0.4 is 5.32 Å². The van der Waals surface area contributed by atoms with Crippen molar-refractivity contribution >= 4 is 0 Å². The van der Waals surface area contributed by atoms with Crippen LogP contribution in [0, 0.1) is 0 Å². The maximum atomic E-state index is 5.46. The van der Waals surface area contributed by atoms with Gasteiger partial charge in [0.2, 0.25) is 0 Å². The predicted molar refractivity (Wildman–Crippen MR) is 75.8 cm³/mol. The first-order valence-electron chi connectivity index (χ1n) is 6.95. The minimum absolute atomic E-state index is 0.415. The zero-order valence-corrected chi connectivity index (χ0v) is 11.1. The molecule has 1 aliphatic heterocycles. The lowest BCUT2D eigenvalue weighted by Crippen LogP contribution is -2.30. The summed E-state index contributed by atoms with van der Waals surface area (Å²) in [5, 5.41) is 3.64. The lowest BCUT2D eigenvalue weighted by molar-refractivity contribution is 0.240. The first kappa shape index (κ1) is 12.5. The molecule has 19 heavy (non-hydrogen) atoms. The molecule has 1 saturated heterocycles. The van der Waals surface area contributed by atoms with Crippen molar-refractivity contribution in [3.05, 3.63) is 60.1 Å². The first-order chi connectivity index (χ1) is 9.42. The third-order valence-corrected chi connectivity index (χ3v) is 3.64. The highest BCUT2D eigenvalue weighted by Gasteiger charge is 2.19. The van der Waals surface area contributed by atoms with E-state index >= 15 is 0 Å². The molecule has 0 spiro atoms. The van der Waals surface area contributed by atoms with Crippen LogP contribution in [0.2, 0.25) is 0 Å². The van der Waals surface area contributed by atoms with Gasteiger partial charge in [0.05, 0.1) is 12.8 Å². The van der Waals surface area contributed by atoms with Gasteiger partial charge >= 0.3 is 0 Å². The molecule has 0 radical (unpaired) electrons. The molecule has 100 valence electrons. The molecule has 1 aliphatic rings. The Hall–Kier alpha value is -1.58. The summed E-state index contributed by atoms with van der Waals surface area (Å²) in [5.41, 5.74) is 1.37. The van der Waals surface area contributed by atoms with E-state index in [1.807, 2.05) is 6.07 Å². The van der Waals surface area contributed by atoms with Gasteiger partial charge in [0.15, 0.2) is 0 Å². The van der Waals surface area contributed by atoms with Crippen molar-refractivity contribution in [2.45, 2.75) is 19.0 Å². The Morgan fingerprint density at radius 2 is 2.05 bits per heavy atom. The second-order valence-corrected chi connectivity index (χ2v) is 5.09. The second kappa shape index (κ2) is 6.04. The SMILES string of the molecule is c1ccc(C2CN(Cc3ccco3)CCCN2)cc1. The van der Waals surface area contributed by atoms with E-state index in [-0.39, 0.29) is 0 Å². The van der Waals surface area contributed by atoms with Crippen LogP contribution in [-0.2, 0) is 6.54 Å². The number of benzene rings is 1. The molecule has 1 aromatic carbocycles. The fraction of sp³-hybridized carbons (Fsp3) is 0.375. The highest BCUT2D eigenvalue weighted by atomic mass is 16.3. The molecule has 0 saturated carbocycles. The molecular formula is C16H20N2O. The maximum absolute atomic E-state index is 5.46. The lowest BCUT2D eigenvalue weighted by atomic mass is 10.1. The molecule has 0 aliphatic carbocycles. The number of nitrogens with zero attached hydrogens (tertiary/aromatic N) is 1. The largest absolute Gasteiger partial charge is 0.468 e. The Morgan fingerprint density at radius 3 is 2.84 bits per heavy atom. The summed E-state index contributed by atoms with van der Waals surface area (Å²) in [6.07, 6.45) is 2.93. The molecule has 2 aromatic rings. The molecule has 3 nitrogen and oxygen atoms in total. The third kappa shape index (κ3) is 3.25. The van der Waals surface area contributed by atoms with E-state index in [1.54, 1.807) is 6.26 Å². The van der Waals surface area contributed by atoms with E-state index in [2.05, 4.69) is 46.6 Å². The molecular weight excluding hydrogens is 236 g/mol. The fourth-order valence-electron chi connectivity index (χ4n) is 2.67. The first-order valence-corrected chi connectivity index (χ1v) is 6.95. The third-order valence-electron chi connectivity index (χ3n) is 3.64. The van der Waals surface area contributed by atoms with Crippen molar-refractivity contribution in [3.63, 3.8) is 0 Å². The van der Waals surface area contributed by atoms with Gasteiger partial charge in [-0.3, -0.25) is 4.90 Å². The van der Waals surface area contributed by atoms with Gasteiger partial charge in [-0.1, -0.05) is 30.3 Å². The van der Waals surface area contributed by atoms with Crippen molar-refractivity contribution in [1.82, 2.24) is 10.2 Å². The van der Waals surface area contributed by atoms with Gasteiger partial charge in [0.25, 0.3) is 0 Å². The Bertz CT molecular complexity index is 481. The number of hydrogen-bond acceptors (Lipinski definition) is 3. The Morgan fingerprint density at radius 1 is 1.16 bits per heavy atom. The van der Waals surface area contributed by atoms with Crippen LogP contribution in [0.5, 0.6) is 0 Å². The van der Waals surface area contributed by atoms with Gasteiger partial charge in [-0.15, -0.1) is 0 Å². The fourth-order valence-corrected chi connectivity index (χ4v) is 2.67. The van der Waals surface area contributed by atoms with E-state index in [9.17, 15) is 0 Å². The minimum Gasteiger partial charge on any atom is -0.468 e. The molecule has 0 bridgehead atoms. The van der Waals surface area contributed by atoms with Crippen LogP contribution >= 0.6 is 0 Å². The van der Waals surface area contributed by atoms with Crippen LogP contribution in [0.1, 0.15) is 23.8 Å². The van der Waals surface area contributed by atoms with Crippen LogP contribution in [0.3, 0.4) is 0 Å². The summed E-state index contributed by atoms with van der Waals surface area (Å²) >= 11 is 0. The molecule has 0 amide bonds. The quantitative estimate of drug-likeness (QED) is 0.915. The van der Waals surface area contributed by atoms with E-state index < -0.39 is 0 Å². The summed E-state index contributed by atoms with van der Waals surface area (Å²) in [4.78, 5) is 2.47. The summed E-state index contributed by atoms with van der Waals surface area (Å²) in [7, 11) is 0. The van der Waals surface area contributed by atoms with Crippen LogP contribution in [0.15, 0.2) is 53.1 Å². The monoisotopic (exact) mass is 256 g/mol. The summed E-state index contributed by atoms with van der Waals surface area (Å²) < 4.78 is 5.46. The number of furan rings is 1. The van der Waals surface area contributed by atoms with Crippen molar-refractivity contribution in [3.8, 4) is 0 Å².